The van der Waals surface area contributed by atoms with Gasteiger partial charge in [-0.3, -0.25) is 9.59 Å². The van der Waals surface area contributed by atoms with Crippen molar-refractivity contribution >= 4 is 23.2 Å². The zero-order valence-electron chi connectivity index (χ0n) is 13.5. The summed E-state index contributed by atoms with van der Waals surface area (Å²) in [6.45, 7) is 2.13. The van der Waals surface area contributed by atoms with Crippen molar-refractivity contribution in [2.45, 2.75) is 32.3 Å². The molecule has 0 fully saturated rings. The molecular weight excluding hydrogens is 304 g/mol. The van der Waals surface area contributed by atoms with Gasteiger partial charge in [0, 0.05) is 5.69 Å². The molecule has 0 bridgehead atoms. The van der Waals surface area contributed by atoms with E-state index in [1.54, 1.807) is 12.1 Å². The smallest absolute Gasteiger partial charge is 0.266 e. The summed E-state index contributed by atoms with van der Waals surface area (Å²) < 4.78 is 5.63. The van der Waals surface area contributed by atoms with Crippen LogP contribution in [0.5, 0.6) is 5.75 Å². The number of amides is 2. The van der Waals surface area contributed by atoms with Gasteiger partial charge in [-0.25, -0.2) is 0 Å². The van der Waals surface area contributed by atoms with Gasteiger partial charge in [-0.2, -0.15) is 0 Å². The first-order chi connectivity index (χ1) is 11.7. The van der Waals surface area contributed by atoms with Crippen molar-refractivity contribution in [3.8, 4) is 5.75 Å². The van der Waals surface area contributed by atoms with Gasteiger partial charge in [-0.1, -0.05) is 37.6 Å². The Kier molecular flexibility index (Phi) is 4.79. The molecule has 0 aromatic heterocycles. The highest BCUT2D eigenvalue weighted by atomic mass is 16.5. The fourth-order valence-corrected chi connectivity index (χ4v) is 2.65. The second-order valence-electron chi connectivity index (χ2n) is 5.79. The average molecular weight is 324 g/mol. The van der Waals surface area contributed by atoms with Crippen molar-refractivity contribution in [1.82, 2.24) is 0 Å². The van der Waals surface area contributed by atoms with Crippen LogP contribution in [0, 0.1) is 0 Å². The van der Waals surface area contributed by atoms with E-state index < -0.39 is 6.10 Å². The second kappa shape index (κ2) is 7.17. The molecule has 0 unspecified atom stereocenters. The van der Waals surface area contributed by atoms with Crippen LogP contribution in [-0.2, 0) is 16.0 Å². The normalized spacial score (nSPS) is 15.9. The molecule has 124 valence electrons. The molecule has 2 N–H and O–H groups in total. The van der Waals surface area contributed by atoms with Gasteiger partial charge >= 0.3 is 0 Å². The molecule has 2 amide bonds. The molecule has 5 heteroatoms. The zero-order chi connectivity index (χ0) is 16.9. The first kappa shape index (κ1) is 16.1. The van der Waals surface area contributed by atoms with Gasteiger partial charge in [0.05, 0.1) is 12.1 Å². The lowest BCUT2D eigenvalue weighted by Crippen LogP contribution is -2.39. The minimum atomic E-state index is -0.820. The number of rotatable bonds is 5. The van der Waals surface area contributed by atoms with Gasteiger partial charge in [0.1, 0.15) is 5.75 Å². The highest BCUT2D eigenvalue weighted by molar-refractivity contribution is 6.01. The van der Waals surface area contributed by atoms with Gasteiger partial charge in [0.25, 0.3) is 5.91 Å². The van der Waals surface area contributed by atoms with Crippen LogP contribution in [0.25, 0.3) is 0 Å². The lowest BCUT2D eigenvalue weighted by Gasteiger charge is -2.25. The summed E-state index contributed by atoms with van der Waals surface area (Å²) in [4.78, 5) is 24.2. The van der Waals surface area contributed by atoms with E-state index in [0.717, 1.165) is 18.5 Å². The number of carbonyl (C=O) groups is 2. The molecule has 1 aliphatic rings. The molecule has 0 saturated carbocycles. The maximum atomic E-state index is 12.2. The third-order valence-electron chi connectivity index (χ3n) is 3.85. The van der Waals surface area contributed by atoms with Crippen molar-refractivity contribution in [2.75, 3.05) is 10.6 Å². The third-order valence-corrected chi connectivity index (χ3v) is 3.85. The molecular formula is C19H20N2O3. The Morgan fingerprint density at radius 1 is 1.17 bits per heavy atom. The Morgan fingerprint density at radius 2 is 1.92 bits per heavy atom. The van der Waals surface area contributed by atoms with Crippen LogP contribution < -0.4 is 15.4 Å². The van der Waals surface area contributed by atoms with E-state index in [-0.39, 0.29) is 18.2 Å². The number of hydrogen-bond acceptors (Lipinski definition) is 3. The molecule has 2 aromatic rings. The summed E-state index contributed by atoms with van der Waals surface area (Å²) in [6.07, 6.45) is 1.25. The summed E-state index contributed by atoms with van der Waals surface area (Å²) in [5.41, 5.74) is 2.59. The van der Waals surface area contributed by atoms with E-state index in [9.17, 15) is 9.59 Å². The molecule has 1 heterocycles. The summed E-state index contributed by atoms with van der Waals surface area (Å²) in [5.74, 6) is 0.0266. The SMILES string of the molecule is CCCc1ccc(NC(=O)C[C@H]2Oc3ccccc3NC2=O)cc1. The van der Waals surface area contributed by atoms with Gasteiger partial charge in [-0.15, -0.1) is 0 Å². The number of benzene rings is 2. The molecule has 1 atom stereocenters. The van der Waals surface area contributed by atoms with E-state index in [1.165, 1.54) is 5.56 Å². The standard InChI is InChI=1S/C19H20N2O3/c1-2-5-13-8-10-14(11-9-13)20-18(22)12-17-19(23)21-15-6-3-4-7-16(15)24-17/h3-4,6-11,17H,2,5,12H2,1H3,(H,20,22)(H,21,23)/t17-/m1/s1. The summed E-state index contributed by atoms with van der Waals surface area (Å²) in [5, 5.41) is 5.56. The monoisotopic (exact) mass is 324 g/mol. The van der Waals surface area contributed by atoms with Crippen molar-refractivity contribution < 1.29 is 14.3 Å². The Morgan fingerprint density at radius 3 is 2.67 bits per heavy atom. The fourth-order valence-electron chi connectivity index (χ4n) is 2.65. The maximum Gasteiger partial charge on any atom is 0.266 e. The van der Waals surface area contributed by atoms with Crippen LogP contribution >= 0.6 is 0 Å². The quantitative estimate of drug-likeness (QED) is 0.886. The van der Waals surface area contributed by atoms with Crippen molar-refractivity contribution in [3.05, 3.63) is 54.1 Å². The van der Waals surface area contributed by atoms with E-state index >= 15 is 0 Å². The first-order valence-electron chi connectivity index (χ1n) is 8.11. The van der Waals surface area contributed by atoms with Crippen molar-refractivity contribution in [1.29, 1.82) is 0 Å². The average Bonchev–Trinajstić information content (AvgIpc) is 2.57. The fraction of sp³-hybridized carbons (Fsp3) is 0.263. The van der Waals surface area contributed by atoms with Crippen LogP contribution in [0.3, 0.4) is 0 Å². The summed E-state index contributed by atoms with van der Waals surface area (Å²) in [7, 11) is 0. The zero-order valence-corrected chi connectivity index (χ0v) is 13.5. The predicted molar refractivity (Wildman–Crippen MR) is 93.2 cm³/mol. The lowest BCUT2D eigenvalue weighted by molar-refractivity contribution is -0.128. The molecule has 3 rings (SSSR count). The highest BCUT2D eigenvalue weighted by Gasteiger charge is 2.29. The number of aryl methyl sites for hydroxylation is 1. The van der Waals surface area contributed by atoms with Gasteiger partial charge in [-0.05, 0) is 36.2 Å². The minimum Gasteiger partial charge on any atom is -0.478 e. The van der Waals surface area contributed by atoms with E-state index in [0.29, 0.717) is 11.4 Å². The lowest BCUT2D eigenvalue weighted by atomic mass is 10.1. The number of para-hydroxylation sites is 2. The first-order valence-corrected chi connectivity index (χ1v) is 8.11. The van der Waals surface area contributed by atoms with Crippen LogP contribution in [0.4, 0.5) is 11.4 Å². The van der Waals surface area contributed by atoms with Crippen molar-refractivity contribution in [3.63, 3.8) is 0 Å². The predicted octanol–water partition coefficient (Wildman–Crippen LogP) is 3.37. The number of fused-ring (bicyclic) bond motifs is 1. The number of anilines is 2. The second-order valence-corrected chi connectivity index (χ2v) is 5.79. The Hall–Kier alpha value is -2.82. The van der Waals surface area contributed by atoms with E-state index in [2.05, 4.69) is 17.6 Å². The van der Waals surface area contributed by atoms with E-state index in [1.807, 2.05) is 36.4 Å². The summed E-state index contributed by atoms with van der Waals surface area (Å²) >= 11 is 0. The topological polar surface area (TPSA) is 67.4 Å². The Bertz CT molecular complexity index is 741. The number of ether oxygens (including phenoxy) is 1. The molecule has 0 aliphatic carbocycles. The van der Waals surface area contributed by atoms with Crippen LogP contribution in [0.1, 0.15) is 25.3 Å². The van der Waals surface area contributed by atoms with Gasteiger partial charge < -0.3 is 15.4 Å². The maximum absolute atomic E-state index is 12.2. The Balaban J connectivity index is 1.60. The summed E-state index contributed by atoms with van der Waals surface area (Å²) in [6, 6.07) is 14.9. The molecule has 5 nitrogen and oxygen atoms in total. The molecule has 0 saturated heterocycles. The Labute approximate surface area is 141 Å². The highest BCUT2D eigenvalue weighted by Crippen LogP contribution is 2.29. The number of nitrogens with one attached hydrogen (secondary N) is 2. The largest absolute Gasteiger partial charge is 0.478 e. The van der Waals surface area contributed by atoms with Crippen molar-refractivity contribution in [2.24, 2.45) is 0 Å². The molecule has 0 radical (unpaired) electrons. The van der Waals surface area contributed by atoms with Gasteiger partial charge in [0.15, 0.2) is 6.10 Å². The van der Waals surface area contributed by atoms with Crippen LogP contribution in [0.2, 0.25) is 0 Å². The third kappa shape index (κ3) is 3.74. The van der Waals surface area contributed by atoms with Gasteiger partial charge in [0.2, 0.25) is 5.91 Å². The van der Waals surface area contributed by atoms with Crippen LogP contribution in [0.15, 0.2) is 48.5 Å². The minimum absolute atomic E-state index is 0.0309. The van der Waals surface area contributed by atoms with E-state index in [4.69, 9.17) is 4.74 Å². The molecule has 2 aromatic carbocycles. The molecule has 1 aliphatic heterocycles. The number of hydrogen-bond donors (Lipinski definition) is 2. The molecule has 0 spiro atoms. The molecule has 24 heavy (non-hydrogen) atoms. The van der Waals surface area contributed by atoms with Crippen LogP contribution in [-0.4, -0.2) is 17.9 Å². The number of carbonyl (C=O) groups excluding carboxylic acids is 2.